The Kier molecular flexibility index (Phi) is 4.11. The van der Waals surface area contributed by atoms with Crippen LogP contribution in [0, 0.1) is 11.3 Å². The predicted octanol–water partition coefficient (Wildman–Crippen LogP) is 4.53. The number of ether oxygens (including phenoxy) is 1. The second kappa shape index (κ2) is 6.68. The minimum Gasteiger partial charge on any atom is -0.479 e. The molecule has 1 spiro atoms. The largest absolute Gasteiger partial charge is 0.479 e. The number of halogens is 1. The summed E-state index contributed by atoms with van der Waals surface area (Å²) in [7, 11) is 0. The number of piperidine rings is 1. The second-order valence-corrected chi connectivity index (χ2v) is 7.86. The highest BCUT2D eigenvalue weighted by molar-refractivity contribution is 6.30. The Morgan fingerprint density at radius 2 is 1.90 bits per heavy atom. The van der Waals surface area contributed by atoms with E-state index in [1.54, 1.807) is 24.3 Å². The lowest BCUT2D eigenvalue weighted by atomic mass is 9.86. The van der Waals surface area contributed by atoms with Crippen LogP contribution in [0.2, 0.25) is 5.02 Å². The number of aromatic nitrogens is 1. The summed E-state index contributed by atoms with van der Waals surface area (Å²) in [6.07, 6.45) is 3.37. The maximum absolute atomic E-state index is 13.0. The molecule has 0 unspecified atom stereocenters. The van der Waals surface area contributed by atoms with Gasteiger partial charge in [-0.25, -0.2) is 0 Å². The van der Waals surface area contributed by atoms with Crippen molar-refractivity contribution in [3.63, 3.8) is 0 Å². The van der Waals surface area contributed by atoms with Crippen molar-refractivity contribution in [2.75, 3.05) is 13.1 Å². The molecule has 0 saturated carbocycles. The van der Waals surface area contributed by atoms with Crippen molar-refractivity contribution in [2.45, 2.75) is 18.4 Å². The first-order chi connectivity index (χ1) is 14.1. The summed E-state index contributed by atoms with van der Waals surface area (Å²) in [5.74, 6) is 0.655. The zero-order valence-corrected chi connectivity index (χ0v) is 16.4. The number of benzene rings is 2. The van der Waals surface area contributed by atoms with Gasteiger partial charge >= 0.3 is 0 Å². The number of carbonyl (C=O) groups is 1. The van der Waals surface area contributed by atoms with Crippen LogP contribution in [0.1, 0.15) is 34.5 Å². The topological polar surface area (TPSA) is 58.3 Å². The van der Waals surface area contributed by atoms with Crippen LogP contribution in [-0.4, -0.2) is 28.5 Å². The number of amides is 1. The van der Waals surface area contributed by atoms with Gasteiger partial charge in [-0.05, 0) is 36.4 Å². The smallest absolute Gasteiger partial charge is 0.255 e. The normalized spacial score (nSPS) is 16.5. The lowest BCUT2D eigenvalue weighted by Crippen LogP contribution is -2.50. The van der Waals surface area contributed by atoms with Crippen LogP contribution in [0.3, 0.4) is 0 Å². The standard InChI is InChI=1S/C23H18ClN3O2/c24-17-7-8-19-20(14-17)29-23(21-6-3-11-27(19)21)9-12-26(13-10-23)22(28)18-5-2-1-4-16(18)15-25/h1-8,11,14H,9-10,12-13H2. The molecule has 0 N–H and O–H groups in total. The monoisotopic (exact) mass is 403 g/mol. The quantitative estimate of drug-likeness (QED) is 0.600. The van der Waals surface area contributed by atoms with Crippen LogP contribution >= 0.6 is 11.6 Å². The molecular formula is C23H18ClN3O2. The van der Waals surface area contributed by atoms with E-state index < -0.39 is 5.60 Å². The summed E-state index contributed by atoms with van der Waals surface area (Å²) in [4.78, 5) is 14.8. The highest BCUT2D eigenvalue weighted by Gasteiger charge is 2.44. The van der Waals surface area contributed by atoms with Gasteiger partial charge in [0.05, 0.1) is 28.6 Å². The van der Waals surface area contributed by atoms with Crippen molar-refractivity contribution in [1.82, 2.24) is 9.47 Å². The molecule has 5 nitrogen and oxygen atoms in total. The molecule has 0 bridgehead atoms. The van der Waals surface area contributed by atoms with E-state index in [1.165, 1.54) is 0 Å². The summed E-state index contributed by atoms with van der Waals surface area (Å²) in [6, 6.07) is 18.8. The maximum Gasteiger partial charge on any atom is 0.255 e. The van der Waals surface area contributed by atoms with E-state index >= 15 is 0 Å². The van der Waals surface area contributed by atoms with E-state index in [9.17, 15) is 10.1 Å². The van der Waals surface area contributed by atoms with Crippen LogP contribution in [0.25, 0.3) is 5.69 Å². The van der Waals surface area contributed by atoms with Crippen LogP contribution < -0.4 is 4.74 Å². The fourth-order valence-corrected chi connectivity index (χ4v) is 4.52. The van der Waals surface area contributed by atoms with Gasteiger partial charge in [0.1, 0.15) is 5.75 Å². The van der Waals surface area contributed by atoms with E-state index in [4.69, 9.17) is 16.3 Å². The van der Waals surface area contributed by atoms with Crippen molar-refractivity contribution in [1.29, 1.82) is 5.26 Å². The fourth-order valence-electron chi connectivity index (χ4n) is 4.36. The molecule has 0 aliphatic carbocycles. The van der Waals surface area contributed by atoms with E-state index in [0.717, 1.165) is 17.1 Å². The van der Waals surface area contributed by atoms with Crippen molar-refractivity contribution in [3.05, 3.63) is 82.6 Å². The Hall–Kier alpha value is -3.23. The number of fused-ring (bicyclic) bond motifs is 4. The molecule has 5 rings (SSSR count). The fraction of sp³-hybridized carbons (Fsp3) is 0.217. The average Bonchev–Trinajstić information content (AvgIpc) is 3.25. The van der Waals surface area contributed by atoms with Crippen LogP contribution in [0.5, 0.6) is 5.75 Å². The third-order valence-electron chi connectivity index (χ3n) is 5.84. The number of hydrogen-bond donors (Lipinski definition) is 0. The molecule has 2 aliphatic rings. The number of rotatable bonds is 1. The molecule has 0 radical (unpaired) electrons. The summed E-state index contributed by atoms with van der Waals surface area (Å²) in [5, 5.41) is 9.95. The Bertz CT molecular complexity index is 1150. The molecule has 29 heavy (non-hydrogen) atoms. The zero-order chi connectivity index (χ0) is 20.0. The molecule has 3 heterocycles. The number of nitrogens with zero attached hydrogens (tertiary/aromatic N) is 3. The Labute approximate surface area is 173 Å². The SMILES string of the molecule is N#Cc1ccccc1C(=O)N1CCC2(CC1)Oc1cc(Cl)ccc1-n1cccc12. The number of carbonyl (C=O) groups excluding carboxylic acids is 1. The van der Waals surface area contributed by atoms with Crippen LogP contribution in [-0.2, 0) is 5.60 Å². The third-order valence-corrected chi connectivity index (χ3v) is 6.07. The first kappa shape index (κ1) is 17.8. The molecule has 2 aromatic carbocycles. The lowest BCUT2D eigenvalue weighted by Gasteiger charge is -2.45. The molecule has 6 heteroatoms. The van der Waals surface area contributed by atoms with Crippen molar-refractivity contribution in [3.8, 4) is 17.5 Å². The van der Waals surface area contributed by atoms with Crippen molar-refractivity contribution in [2.24, 2.45) is 0 Å². The Morgan fingerprint density at radius 1 is 1.10 bits per heavy atom. The van der Waals surface area contributed by atoms with Gasteiger partial charge in [-0.2, -0.15) is 5.26 Å². The summed E-state index contributed by atoms with van der Waals surface area (Å²) < 4.78 is 8.66. The molecule has 1 fully saturated rings. The van der Waals surface area contributed by atoms with E-state index in [1.807, 2.05) is 35.4 Å². The number of nitriles is 1. The third kappa shape index (κ3) is 2.80. The van der Waals surface area contributed by atoms with Gasteiger partial charge in [0.2, 0.25) is 0 Å². The minimum atomic E-state index is -0.493. The van der Waals surface area contributed by atoms with E-state index in [2.05, 4.69) is 16.7 Å². The molecule has 144 valence electrons. The van der Waals surface area contributed by atoms with Gasteiger partial charge in [-0.15, -0.1) is 0 Å². The highest BCUT2D eigenvalue weighted by Crippen LogP contribution is 2.45. The molecule has 1 saturated heterocycles. The Morgan fingerprint density at radius 3 is 2.69 bits per heavy atom. The van der Waals surface area contributed by atoms with Gasteiger partial charge in [-0.3, -0.25) is 4.79 Å². The highest BCUT2D eigenvalue weighted by atomic mass is 35.5. The zero-order valence-electron chi connectivity index (χ0n) is 15.6. The first-order valence-corrected chi connectivity index (χ1v) is 9.94. The van der Waals surface area contributed by atoms with Gasteiger partial charge < -0.3 is 14.2 Å². The Balaban J connectivity index is 1.43. The molecule has 1 aromatic heterocycles. The second-order valence-electron chi connectivity index (χ2n) is 7.42. The average molecular weight is 404 g/mol. The van der Waals surface area contributed by atoms with E-state index in [-0.39, 0.29) is 5.91 Å². The lowest BCUT2D eigenvalue weighted by molar-refractivity contribution is -0.00930. The van der Waals surface area contributed by atoms with Gasteiger partial charge in [0.25, 0.3) is 5.91 Å². The van der Waals surface area contributed by atoms with Crippen molar-refractivity contribution < 1.29 is 9.53 Å². The van der Waals surface area contributed by atoms with Gasteiger partial charge in [-0.1, -0.05) is 23.7 Å². The maximum atomic E-state index is 13.0. The van der Waals surface area contributed by atoms with Crippen molar-refractivity contribution >= 4 is 17.5 Å². The minimum absolute atomic E-state index is 0.105. The molecular weight excluding hydrogens is 386 g/mol. The predicted molar refractivity (Wildman–Crippen MR) is 109 cm³/mol. The number of likely N-dealkylation sites (tertiary alicyclic amines) is 1. The van der Waals surface area contributed by atoms with Crippen LogP contribution in [0.4, 0.5) is 0 Å². The number of hydrogen-bond acceptors (Lipinski definition) is 3. The van der Waals surface area contributed by atoms with Gasteiger partial charge in [0.15, 0.2) is 5.60 Å². The molecule has 2 aliphatic heterocycles. The summed E-state index contributed by atoms with van der Waals surface area (Å²) in [6.45, 7) is 1.11. The van der Waals surface area contributed by atoms with E-state index in [0.29, 0.717) is 42.1 Å². The summed E-state index contributed by atoms with van der Waals surface area (Å²) >= 11 is 6.20. The first-order valence-electron chi connectivity index (χ1n) is 9.56. The van der Waals surface area contributed by atoms with Gasteiger partial charge in [0, 0.05) is 43.2 Å². The molecule has 3 aromatic rings. The molecule has 1 amide bonds. The summed E-state index contributed by atoms with van der Waals surface area (Å²) in [5.41, 5.74) is 2.44. The van der Waals surface area contributed by atoms with Crippen LogP contribution in [0.15, 0.2) is 60.8 Å². The molecule has 0 atom stereocenters.